The molecular formula is C17H24N2O2. The first-order valence-corrected chi connectivity index (χ1v) is 7.64. The van der Waals surface area contributed by atoms with Crippen molar-refractivity contribution in [1.82, 2.24) is 4.90 Å². The van der Waals surface area contributed by atoms with E-state index in [9.17, 15) is 4.79 Å². The van der Waals surface area contributed by atoms with E-state index in [1.807, 2.05) is 37.8 Å². The van der Waals surface area contributed by atoms with E-state index >= 15 is 0 Å². The molecule has 1 saturated heterocycles. The van der Waals surface area contributed by atoms with Gasteiger partial charge in [-0.2, -0.15) is 0 Å². The number of nitrogens with two attached hydrogens (primary N) is 1. The molecule has 0 aromatic heterocycles. The Hall–Kier alpha value is -1.71. The van der Waals surface area contributed by atoms with Gasteiger partial charge in [-0.05, 0) is 57.2 Å². The Morgan fingerprint density at radius 3 is 2.57 bits per heavy atom. The molecule has 2 aliphatic rings. The van der Waals surface area contributed by atoms with Crippen LogP contribution in [0.15, 0.2) is 24.3 Å². The van der Waals surface area contributed by atoms with Crippen LogP contribution in [0, 0.1) is 5.92 Å². The average Bonchev–Trinajstić information content (AvgIpc) is 3.11. The Morgan fingerprint density at radius 1 is 1.33 bits per heavy atom. The average molecular weight is 288 g/mol. The van der Waals surface area contributed by atoms with E-state index in [0.717, 1.165) is 31.6 Å². The number of rotatable bonds is 1. The lowest BCUT2D eigenvalue weighted by Crippen LogP contribution is -2.43. The molecule has 0 bridgehead atoms. The summed E-state index contributed by atoms with van der Waals surface area (Å²) in [6.45, 7) is 7.30. The number of likely N-dealkylation sites (tertiary alicyclic amines) is 1. The molecule has 21 heavy (non-hydrogen) atoms. The lowest BCUT2D eigenvalue weighted by atomic mass is 9.87. The largest absolute Gasteiger partial charge is 0.444 e. The van der Waals surface area contributed by atoms with Crippen molar-refractivity contribution < 1.29 is 9.53 Å². The molecule has 1 saturated carbocycles. The Kier molecular flexibility index (Phi) is 3.15. The minimum Gasteiger partial charge on any atom is -0.444 e. The van der Waals surface area contributed by atoms with Crippen molar-refractivity contribution in [2.75, 3.05) is 18.8 Å². The zero-order valence-corrected chi connectivity index (χ0v) is 13.1. The van der Waals surface area contributed by atoms with Gasteiger partial charge in [-0.1, -0.05) is 12.1 Å². The van der Waals surface area contributed by atoms with Gasteiger partial charge in [0.05, 0.1) is 0 Å². The van der Waals surface area contributed by atoms with Crippen LogP contribution in [-0.4, -0.2) is 29.7 Å². The molecule has 1 amide bonds. The number of hydrogen-bond acceptors (Lipinski definition) is 3. The molecule has 2 unspecified atom stereocenters. The topological polar surface area (TPSA) is 55.6 Å². The second-order valence-electron chi connectivity index (χ2n) is 7.36. The number of ether oxygens (including phenoxy) is 1. The summed E-state index contributed by atoms with van der Waals surface area (Å²) in [5.41, 5.74) is 7.78. The van der Waals surface area contributed by atoms with Crippen molar-refractivity contribution >= 4 is 11.8 Å². The summed E-state index contributed by atoms with van der Waals surface area (Å²) in [6.07, 6.45) is 2.00. The highest BCUT2D eigenvalue weighted by atomic mass is 16.6. The standard InChI is InChI=1S/C17H24N2O2/c1-16(2,3)21-15(20)19-9-8-17(10-13(17)11-19)12-4-6-14(18)7-5-12/h4-7,13H,8-11,18H2,1-3H3. The second kappa shape index (κ2) is 4.65. The summed E-state index contributed by atoms with van der Waals surface area (Å²) < 4.78 is 5.47. The van der Waals surface area contributed by atoms with Crippen molar-refractivity contribution in [3.63, 3.8) is 0 Å². The number of nitrogens with zero attached hydrogens (tertiary/aromatic N) is 1. The van der Waals surface area contributed by atoms with Gasteiger partial charge in [0.15, 0.2) is 0 Å². The fourth-order valence-corrected chi connectivity index (χ4v) is 3.42. The third kappa shape index (κ3) is 2.71. The Labute approximate surface area is 126 Å². The number of amides is 1. The highest BCUT2D eigenvalue weighted by Gasteiger charge is 2.58. The number of fused-ring (bicyclic) bond motifs is 1. The maximum Gasteiger partial charge on any atom is 0.410 e. The van der Waals surface area contributed by atoms with Gasteiger partial charge < -0.3 is 15.4 Å². The third-order valence-corrected chi connectivity index (χ3v) is 4.64. The molecule has 1 heterocycles. The molecule has 4 nitrogen and oxygen atoms in total. The summed E-state index contributed by atoms with van der Waals surface area (Å²) >= 11 is 0. The highest BCUT2D eigenvalue weighted by molar-refractivity contribution is 5.68. The third-order valence-electron chi connectivity index (χ3n) is 4.64. The first-order valence-electron chi connectivity index (χ1n) is 7.64. The van der Waals surface area contributed by atoms with E-state index in [0.29, 0.717) is 5.92 Å². The number of anilines is 1. The number of carbonyl (C=O) groups is 1. The van der Waals surface area contributed by atoms with Crippen LogP contribution in [0.4, 0.5) is 10.5 Å². The zero-order valence-electron chi connectivity index (χ0n) is 13.1. The summed E-state index contributed by atoms with van der Waals surface area (Å²) in [7, 11) is 0. The maximum absolute atomic E-state index is 12.2. The van der Waals surface area contributed by atoms with Gasteiger partial charge >= 0.3 is 6.09 Å². The van der Waals surface area contributed by atoms with Crippen molar-refractivity contribution in [2.45, 2.75) is 44.6 Å². The minimum absolute atomic E-state index is 0.180. The fraction of sp³-hybridized carbons (Fsp3) is 0.588. The smallest absolute Gasteiger partial charge is 0.410 e. The molecule has 2 N–H and O–H groups in total. The summed E-state index contributed by atoms with van der Waals surface area (Å²) in [6, 6.07) is 8.22. The number of hydrogen-bond donors (Lipinski definition) is 1. The van der Waals surface area contributed by atoms with Crippen LogP contribution in [0.1, 0.15) is 39.2 Å². The predicted octanol–water partition coefficient (Wildman–Crippen LogP) is 3.17. The number of carbonyl (C=O) groups excluding carboxylic acids is 1. The van der Waals surface area contributed by atoms with Crippen molar-refractivity contribution in [1.29, 1.82) is 0 Å². The highest BCUT2D eigenvalue weighted by Crippen LogP contribution is 2.59. The van der Waals surface area contributed by atoms with Gasteiger partial charge in [-0.25, -0.2) is 4.79 Å². The van der Waals surface area contributed by atoms with E-state index in [2.05, 4.69) is 12.1 Å². The number of nitrogen functional groups attached to an aromatic ring is 1. The van der Waals surface area contributed by atoms with Crippen LogP contribution in [0.2, 0.25) is 0 Å². The van der Waals surface area contributed by atoms with Crippen LogP contribution in [0.3, 0.4) is 0 Å². The van der Waals surface area contributed by atoms with Gasteiger partial charge in [-0.15, -0.1) is 0 Å². The fourth-order valence-electron chi connectivity index (χ4n) is 3.42. The quantitative estimate of drug-likeness (QED) is 0.808. The van der Waals surface area contributed by atoms with Gasteiger partial charge in [0, 0.05) is 24.2 Å². The normalized spacial score (nSPS) is 28.0. The Balaban J connectivity index is 1.65. The lowest BCUT2D eigenvalue weighted by Gasteiger charge is -2.33. The molecule has 2 fully saturated rings. The first-order chi connectivity index (χ1) is 9.80. The predicted molar refractivity (Wildman–Crippen MR) is 83.1 cm³/mol. The van der Waals surface area contributed by atoms with E-state index in [1.54, 1.807) is 0 Å². The Morgan fingerprint density at radius 2 is 2.00 bits per heavy atom. The van der Waals surface area contributed by atoms with Crippen LogP contribution in [-0.2, 0) is 10.2 Å². The lowest BCUT2D eigenvalue weighted by molar-refractivity contribution is 0.0199. The summed E-state index contributed by atoms with van der Waals surface area (Å²) in [4.78, 5) is 14.0. The molecule has 0 radical (unpaired) electrons. The molecule has 3 rings (SSSR count). The van der Waals surface area contributed by atoms with E-state index in [4.69, 9.17) is 10.5 Å². The molecule has 1 aliphatic heterocycles. The van der Waals surface area contributed by atoms with E-state index < -0.39 is 5.60 Å². The van der Waals surface area contributed by atoms with Crippen LogP contribution < -0.4 is 5.73 Å². The van der Waals surface area contributed by atoms with Crippen molar-refractivity contribution in [3.05, 3.63) is 29.8 Å². The van der Waals surface area contributed by atoms with Crippen LogP contribution in [0.5, 0.6) is 0 Å². The summed E-state index contributed by atoms with van der Waals surface area (Å²) in [5, 5.41) is 0. The van der Waals surface area contributed by atoms with Gasteiger partial charge in [0.25, 0.3) is 0 Å². The molecule has 2 atom stereocenters. The van der Waals surface area contributed by atoms with Crippen LogP contribution in [0.25, 0.3) is 0 Å². The minimum atomic E-state index is -0.424. The van der Waals surface area contributed by atoms with Crippen molar-refractivity contribution in [2.24, 2.45) is 5.92 Å². The molecule has 0 spiro atoms. The maximum atomic E-state index is 12.2. The summed E-state index contributed by atoms with van der Waals surface area (Å²) in [5.74, 6) is 0.558. The number of benzene rings is 1. The van der Waals surface area contributed by atoms with Gasteiger partial charge in [0.1, 0.15) is 5.60 Å². The molecular weight excluding hydrogens is 264 g/mol. The van der Waals surface area contributed by atoms with E-state index in [-0.39, 0.29) is 11.5 Å². The zero-order chi connectivity index (χ0) is 15.3. The SMILES string of the molecule is CC(C)(C)OC(=O)N1CCC2(c3ccc(N)cc3)CC2C1. The molecule has 1 aromatic carbocycles. The molecule has 1 aromatic rings. The van der Waals surface area contributed by atoms with Gasteiger partial charge in [0.2, 0.25) is 0 Å². The first kappa shape index (κ1) is 14.2. The van der Waals surface area contributed by atoms with E-state index in [1.165, 1.54) is 5.56 Å². The monoisotopic (exact) mass is 288 g/mol. The van der Waals surface area contributed by atoms with Crippen LogP contribution >= 0.6 is 0 Å². The van der Waals surface area contributed by atoms with Gasteiger partial charge in [-0.3, -0.25) is 0 Å². The molecule has 4 heteroatoms. The van der Waals surface area contributed by atoms with Crippen molar-refractivity contribution in [3.8, 4) is 0 Å². The Bertz CT molecular complexity index is 547. The second-order valence-corrected chi connectivity index (χ2v) is 7.36. The molecule has 114 valence electrons. The number of piperidine rings is 1. The molecule has 1 aliphatic carbocycles.